The van der Waals surface area contributed by atoms with Crippen LogP contribution in [0.3, 0.4) is 0 Å². The average Bonchev–Trinajstić information content (AvgIpc) is 2.96. The first kappa shape index (κ1) is 14.6. The molecule has 1 aliphatic carbocycles. The van der Waals surface area contributed by atoms with Gasteiger partial charge in [-0.2, -0.15) is 0 Å². The number of nitrogens with one attached hydrogen (secondary N) is 1. The summed E-state index contributed by atoms with van der Waals surface area (Å²) in [5.41, 5.74) is 5.16. The second-order valence-corrected chi connectivity index (χ2v) is 7.11. The van der Waals surface area contributed by atoms with E-state index in [4.69, 9.17) is 0 Å². The standard InChI is InChI=1S/C20H24N2O/c1-13-7-8-15(11-14(13)2)16-12-17(16)20(23)22-10-4-6-19(22)18-5-3-9-21-18/h3,5,7-9,11,16-17,19,21H,4,6,10,12H2,1-2H3/t16-,17+,19+/m0/s1. The van der Waals surface area contributed by atoms with Gasteiger partial charge in [0.15, 0.2) is 0 Å². The molecule has 1 amide bonds. The Kier molecular flexibility index (Phi) is 3.51. The number of aromatic nitrogens is 1. The molecule has 2 fully saturated rings. The quantitative estimate of drug-likeness (QED) is 0.910. The van der Waals surface area contributed by atoms with E-state index >= 15 is 0 Å². The molecule has 0 radical (unpaired) electrons. The lowest BCUT2D eigenvalue weighted by molar-refractivity contribution is -0.133. The van der Waals surface area contributed by atoms with Crippen molar-refractivity contribution in [3.8, 4) is 0 Å². The van der Waals surface area contributed by atoms with Crippen molar-refractivity contribution in [2.24, 2.45) is 5.92 Å². The fourth-order valence-electron chi connectivity index (χ4n) is 3.95. The topological polar surface area (TPSA) is 36.1 Å². The molecule has 0 spiro atoms. The minimum absolute atomic E-state index is 0.188. The average molecular weight is 308 g/mol. The van der Waals surface area contributed by atoms with Crippen molar-refractivity contribution in [2.75, 3.05) is 6.54 Å². The molecule has 1 N–H and O–H groups in total. The summed E-state index contributed by atoms with van der Waals surface area (Å²) in [4.78, 5) is 18.4. The van der Waals surface area contributed by atoms with Crippen LogP contribution in [0.15, 0.2) is 36.5 Å². The molecule has 23 heavy (non-hydrogen) atoms. The van der Waals surface area contributed by atoms with Gasteiger partial charge in [0.05, 0.1) is 6.04 Å². The van der Waals surface area contributed by atoms with Crippen molar-refractivity contribution in [1.29, 1.82) is 0 Å². The molecule has 0 unspecified atom stereocenters. The van der Waals surface area contributed by atoms with Crippen molar-refractivity contribution >= 4 is 5.91 Å². The summed E-state index contributed by atoms with van der Waals surface area (Å²) in [5, 5.41) is 0. The van der Waals surface area contributed by atoms with Crippen LogP contribution in [0.5, 0.6) is 0 Å². The van der Waals surface area contributed by atoms with Crippen molar-refractivity contribution in [3.05, 3.63) is 58.9 Å². The van der Waals surface area contributed by atoms with Crippen molar-refractivity contribution in [1.82, 2.24) is 9.88 Å². The smallest absolute Gasteiger partial charge is 0.226 e. The molecule has 3 atom stereocenters. The van der Waals surface area contributed by atoms with Gasteiger partial charge in [-0.05, 0) is 67.9 Å². The molecule has 3 heteroatoms. The number of aryl methyl sites for hydroxylation is 2. The first-order valence-electron chi connectivity index (χ1n) is 8.66. The maximum atomic E-state index is 13.0. The lowest BCUT2D eigenvalue weighted by Crippen LogP contribution is -2.32. The third kappa shape index (κ3) is 2.58. The summed E-state index contributed by atoms with van der Waals surface area (Å²) >= 11 is 0. The number of hydrogen-bond donors (Lipinski definition) is 1. The van der Waals surface area contributed by atoms with Gasteiger partial charge in [-0.15, -0.1) is 0 Å². The Labute approximate surface area is 137 Å². The molecular formula is C20H24N2O. The van der Waals surface area contributed by atoms with Crippen LogP contribution in [0.1, 0.15) is 53.6 Å². The fourth-order valence-corrected chi connectivity index (χ4v) is 3.95. The SMILES string of the molecule is Cc1ccc([C@@H]2C[C@H]2C(=O)N2CCC[C@@H]2c2ccc[nH]2)cc1C. The third-order valence-electron chi connectivity index (χ3n) is 5.58. The number of amides is 1. The molecule has 1 saturated heterocycles. The summed E-state index contributed by atoms with van der Waals surface area (Å²) in [5.74, 6) is 0.963. The number of rotatable bonds is 3. The molecule has 2 aliphatic rings. The summed E-state index contributed by atoms with van der Waals surface area (Å²) in [7, 11) is 0. The first-order valence-corrected chi connectivity index (χ1v) is 8.66. The van der Waals surface area contributed by atoms with Crippen LogP contribution in [0.25, 0.3) is 0 Å². The summed E-state index contributed by atoms with van der Waals surface area (Å²) < 4.78 is 0. The van der Waals surface area contributed by atoms with E-state index in [2.05, 4.69) is 48.0 Å². The second kappa shape index (κ2) is 5.55. The Morgan fingerprint density at radius 2 is 2.09 bits per heavy atom. The highest BCUT2D eigenvalue weighted by Gasteiger charge is 2.47. The highest BCUT2D eigenvalue weighted by molar-refractivity contribution is 5.83. The second-order valence-electron chi connectivity index (χ2n) is 7.11. The molecule has 1 aromatic carbocycles. The van der Waals surface area contributed by atoms with E-state index in [-0.39, 0.29) is 12.0 Å². The molecule has 120 valence electrons. The summed E-state index contributed by atoms with van der Waals surface area (Å²) in [6, 6.07) is 11.0. The maximum absolute atomic E-state index is 13.0. The molecule has 1 saturated carbocycles. The predicted octanol–water partition coefficient (Wildman–Crippen LogP) is 4.10. The molecular weight excluding hydrogens is 284 g/mol. The highest BCUT2D eigenvalue weighted by Crippen LogP contribution is 2.50. The van der Waals surface area contributed by atoms with E-state index in [0.29, 0.717) is 11.8 Å². The monoisotopic (exact) mass is 308 g/mol. The third-order valence-corrected chi connectivity index (χ3v) is 5.58. The predicted molar refractivity (Wildman–Crippen MR) is 91.2 cm³/mol. The van der Waals surface area contributed by atoms with Crippen LogP contribution in [0.4, 0.5) is 0 Å². The van der Waals surface area contributed by atoms with Crippen LogP contribution in [-0.4, -0.2) is 22.3 Å². The number of aromatic amines is 1. The van der Waals surface area contributed by atoms with Crippen molar-refractivity contribution in [2.45, 2.75) is 45.1 Å². The van der Waals surface area contributed by atoms with Crippen LogP contribution in [0.2, 0.25) is 0 Å². The number of carbonyl (C=O) groups excluding carboxylic acids is 1. The van der Waals surface area contributed by atoms with E-state index in [0.717, 1.165) is 25.8 Å². The minimum Gasteiger partial charge on any atom is -0.363 e. The number of carbonyl (C=O) groups is 1. The van der Waals surface area contributed by atoms with Gasteiger partial charge in [-0.1, -0.05) is 18.2 Å². The Hall–Kier alpha value is -2.03. The van der Waals surface area contributed by atoms with E-state index in [1.807, 2.05) is 12.3 Å². The van der Waals surface area contributed by atoms with Gasteiger partial charge in [0.25, 0.3) is 0 Å². The number of benzene rings is 1. The normalized spacial score (nSPS) is 26.5. The molecule has 3 nitrogen and oxygen atoms in total. The van der Waals surface area contributed by atoms with Crippen molar-refractivity contribution in [3.63, 3.8) is 0 Å². The van der Waals surface area contributed by atoms with Crippen LogP contribution < -0.4 is 0 Å². The lowest BCUT2D eigenvalue weighted by Gasteiger charge is -2.24. The zero-order valence-electron chi connectivity index (χ0n) is 13.9. The largest absolute Gasteiger partial charge is 0.363 e. The Bertz CT molecular complexity index is 719. The van der Waals surface area contributed by atoms with Gasteiger partial charge >= 0.3 is 0 Å². The molecule has 2 aromatic rings. The zero-order valence-corrected chi connectivity index (χ0v) is 13.9. The fraction of sp³-hybridized carbons (Fsp3) is 0.450. The van der Waals surface area contributed by atoms with E-state index in [1.54, 1.807) is 0 Å². The van der Waals surface area contributed by atoms with Gasteiger partial charge in [0.2, 0.25) is 5.91 Å². The maximum Gasteiger partial charge on any atom is 0.226 e. The first-order chi connectivity index (χ1) is 11.1. The Morgan fingerprint density at radius 3 is 2.83 bits per heavy atom. The molecule has 0 bridgehead atoms. The van der Waals surface area contributed by atoms with E-state index in [9.17, 15) is 4.79 Å². The molecule has 2 heterocycles. The van der Waals surface area contributed by atoms with Crippen molar-refractivity contribution < 1.29 is 4.79 Å². The Balaban J connectivity index is 1.49. The highest BCUT2D eigenvalue weighted by atomic mass is 16.2. The molecule has 1 aromatic heterocycles. The van der Waals surface area contributed by atoms with Gasteiger partial charge in [0, 0.05) is 24.4 Å². The minimum atomic E-state index is 0.188. The number of nitrogens with zero attached hydrogens (tertiary/aromatic N) is 1. The number of hydrogen-bond acceptors (Lipinski definition) is 1. The van der Waals surface area contributed by atoms with Crippen LogP contribution in [-0.2, 0) is 4.79 Å². The van der Waals surface area contributed by atoms with Gasteiger partial charge in [0.1, 0.15) is 0 Å². The summed E-state index contributed by atoms with van der Waals surface area (Å²) in [6.07, 6.45) is 5.14. The number of likely N-dealkylation sites (tertiary alicyclic amines) is 1. The molecule has 4 rings (SSSR count). The van der Waals surface area contributed by atoms with Crippen LogP contribution in [0, 0.1) is 19.8 Å². The Morgan fingerprint density at radius 1 is 1.22 bits per heavy atom. The lowest BCUT2D eigenvalue weighted by atomic mass is 10.0. The van der Waals surface area contributed by atoms with Gasteiger partial charge < -0.3 is 9.88 Å². The van der Waals surface area contributed by atoms with Gasteiger partial charge in [-0.25, -0.2) is 0 Å². The van der Waals surface area contributed by atoms with Gasteiger partial charge in [-0.3, -0.25) is 4.79 Å². The summed E-state index contributed by atoms with van der Waals surface area (Å²) in [6.45, 7) is 5.19. The number of H-pyrrole nitrogens is 1. The van der Waals surface area contributed by atoms with E-state index in [1.165, 1.54) is 22.4 Å². The molecule has 1 aliphatic heterocycles. The zero-order chi connectivity index (χ0) is 16.0. The van der Waals surface area contributed by atoms with Crippen LogP contribution >= 0.6 is 0 Å². The van der Waals surface area contributed by atoms with E-state index < -0.39 is 0 Å².